The lowest BCUT2D eigenvalue weighted by atomic mass is 10.2. The van der Waals surface area contributed by atoms with Crippen LogP contribution in [0.4, 0.5) is 0 Å². The van der Waals surface area contributed by atoms with E-state index in [0.717, 1.165) is 46.0 Å². The monoisotopic (exact) mass is 511 g/mol. The van der Waals surface area contributed by atoms with E-state index in [0.29, 0.717) is 23.1 Å². The zero-order chi connectivity index (χ0) is 21.3. The van der Waals surface area contributed by atoms with Crippen molar-refractivity contribution in [3.05, 3.63) is 57.0 Å². The molecule has 3 aromatic rings. The maximum Gasteiger partial charge on any atom is 0.209 e. The topological polar surface area (TPSA) is 74.1 Å². The molecule has 0 aliphatic carbocycles. The first-order valence-electron chi connectivity index (χ1n) is 9.36. The van der Waals surface area contributed by atoms with Crippen LogP contribution in [0.2, 0.25) is 5.02 Å². The van der Waals surface area contributed by atoms with Gasteiger partial charge in [0.2, 0.25) is 5.16 Å². The van der Waals surface area contributed by atoms with E-state index >= 15 is 0 Å². The van der Waals surface area contributed by atoms with Crippen molar-refractivity contribution in [2.75, 3.05) is 19.4 Å². The Labute approximate surface area is 193 Å². The molecule has 3 rings (SSSR count). The molecule has 160 valence electrons. The molecular formula is C20H23BrClN5O2S. The molecule has 0 aliphatic rings. The molecule has 0 saturated carbocycles. The Hall–Kier alpha value is -1.81. The summed E-state index contributed by atoms with van der Waals surface area (Å²) in [7, 11) is 3.48. The highest BCUT2D eigenvalue weighted by Crippen LogP contribution is 2.37. The molecule has 30 heavy (non-hydrogen) atoms. The first-order chi connectivity index (χ1) is 14.6. The van der Waals surface area contributed by atoms with Crippen molar-refractivity contribution in [3.63, 3.8) is 0 Å². The van der Waals surface area contributed by atoms with Crippen LogP contribution in [-0.2, 0) is 20.2 Å². The minimum atomic E-state index is 0.409. The van der Waals surface area contributed by atoms with E-state index in [1.54, 1.807) is 23.6 Å². The van der Waals surface area contributed by atoms with Gasteiger partial charge in [-0.2, -0.15) is 0 Å². The quantitative estimate of drug-likeness (QED) is 0.300. The van der Waals surface area contributed by atoms with Crippen molar-refractivity contribution < 1.29 is 9.47 Å². The van der Waals surface area contributed by atoms with Gasteiger partial charge in [-0.05, 0) is 74.7 Å². The van der Waals surface area contributed by atoms with E-state index in [9.17, 15) is 0 Å². The smallest absolute Gasteiger partial charge is 0.209 e. The van der Waals surface area contributed by atoms with Crippen LogP contribution in [0.3, 0.4) is 0 Å². The van der Waals surface area contributed by atoms with Crippen LogP contribution in [0.5, 0.6) is 11.5 Å². The number of hydrogen-bond acceptors (Lipinski definition) is 7. The number of rotatable bonds is 11. The standard InChI is InChI=1S/C20H23BrClN5O2S/c1-27-20(24-25-26-27)30-8-4-7-23-12-15-10-17(21)19(18(11-15)28-2)29-13-14-5-3-6-16(22)9-14/h3,5-6,9-11,23H,4,7-8,12-13H2,1-2H3. The second-order valence-electron chi connectivity index (χ2n) is 6.49. The average Bonchev–Trinajstić information content (AvgIpc) is 3.14. The zero-order valence-electron chi connectivity index (χ0n) is 16.8. The van der Waals surface area contributed by atoms with Crippen molar-refractivity contribution >= 4 is 39.3 Å². The lowest BCUT2D eigenvalue weighted by Crippen LogP contribution is -2.15. The summed E-state index contributed by atoms with van der Waals surface area (Å²) in [5.41, 5.74) is 2.11. The summed E-state index contributed by atoms with van der Waals surface area (Å²) < 4.78 is 14.1. The first kappa shape index (κ1) is 22.9. The molecule has 0 aliphatic heterocycles. The van der Waals surface area contributed by atoms with Gasteiger partial charge < -0.3 is 14.8 Å². The second-order valence-corrected chi connectivity index (χ2v) is 8.84. The van der Waals surface area contributed by atoms with Gasteiger partial charge in [0.15, 0.2) is 11.5 Å². The largest absolute Gasteiger partial charge is 0.493 e. The number of nitrogens with one attached hydrogen (secondary N) is 1. The van der Waals surface area contributed by atoms with E-state index in [1.165, 1.54) is 0 Å². The van der Waals surface area contributed by atoms with Crippen LogP contribution in [-0.4, -0.2) is 39.6 Å². The maximum absolute atomic E-state index is 6.04. The van der Waals surface area contributed by atoms with Crippen molar-refractivity contribution in [3.8, 4) is 11.5 Å². The van der Waals surface area contributed by atoms with Gasteiger partial charge in [-0.3, -0.25) is 0 Å². The highest BCUT2D eigenvalue weighted by Gasteiger charge is 2.12. The highest BCUT2D eigenvalue weighted by atomic mass is 79.9. The number of hydrogen-bond donors (Lipinski definition) is 1. The number of nitrogens with zero attached hydrogens (tertiary/aromatic N) is 4. The number of halogens is 2. The molecule has 0 spiro atoms. The fraction of sp³-hybridized carbons (Fsp3) is 0.350. The molecule has 1 N–H and O–H groups in total. The van der Waals surface area contributed by atoms with Crippen LogP contribution in [0.25, 0.3) is 0 Å². The van der Waals surface area contributed by atoms with Crippen molar-refractivity contribution in [1.82, 2.24) is 25.5 Å². The lowest BCUT2D eigenvalue weighted by Gasteiger charge is -2.15. The van der Waals surface area contributed by atoms with Crippen molar-refractivity contribution in [1.29, 1.82) is 0 Å². The number of benzene rings is 2. The van der Waals surface area contributed by atoms with Crippen LogP contribution < -0.4 is 14.8 Å². The Morgan fingerprint density at radius 2 is 2.10 bits per heavy atom. The van der Waals surface area contributed by atoms with E-state index in [-0.39, 0.29) is 0 Å². The highest BCUT2D eigenvalue weighted by molar-refractivity contribution is 9.10. The molecule has 2 aromatic carbocycles. The molecule has 0 saturated heterocycles. The molecule has 7 nitrogen and oxygen atoms in total. The van der Waals surface area contributed by atoms with Gasteiger partial charge >= 0.3 is 0 Å². The maximum atomic E-state index is 6.04. The Bertz CT molecular complexity index is 972. The summed E-state index contributed by atoms with van der Waals surface area (Å²) in [6, 6.07) is 11.6. The average molecular weight is 513 g/mol. The summed E-state index contributed by atoms with van der Waals surface area (Å²) in [5, 5.41) is 16.4. The molecule has 0 unspecified atom stereocenters. The third kappa shape index (κ3) is 6.60. The van der Waals surface area contributed by atoms with Crippen LogP contribution in [0.15, 0.2) is 46.0 Å². The minimum Gasteiger partial charge on any atom is -0.493 e. The van der Waals surface area contributed by atoms with Crippen LogP contribution in [0.1, 0.15) is 17.5 Å². The molecule has 0 radical (unpaired) electrons. The normalized spacial score (nSPS) is 10.9. The van der Waals surface area contributed by atoms with Crippen molar-refractivity contribution in [2.24, 2.45) is 7.05 Å². The lowest BCUT2D eigenvalue weighted by molar-refractivity contribution is 0.282. The van der Waals surface area contributed by atoms with Gasteiger partial charge in [0.25, 0.3) is 0 Å². The number of ether oxygens (including phenoxy) is 2. The van der Waals surface area contributed by atoms with E-state index in [1.807, 2.05) is 43.4 Å². The van der Waals surface area contributed by atoms with E-state index in [2.05, 4.69) is 36.8 Å². The minimum absolute atomic E-state index is 0.409. The molecular weight excluding hydrogens is 490 g/mol. The SMILES string of the molecule is COc1cc(CNCCCSc2nnnn2C)cc(Br)c1OCc1cccc(Cl)c1. The van der Waals surface area contributed by atoms with Gasteiger partial charge in [0.05, 0.1) is 11.6 Å². The Balaban J connectivity index is 1.48. The Kier molecular flexibility index (Phi) is 8.80. The van der Waals surface area contributed by atoms with Crippen LogP contribution >= 0.6 is 39.3 Å². The molecule has 1 heterocycles. The molecule has 1 aromatic heterocycles. The molecule has 0 amide bonds. The summed E-state index contributed by atoms with van der Waals surface area (Å²) >= 11 is 11.3. The van der Waals surface area contributed by atoms with E-state index < -0.39 is 0 Å². The molecule has 0 atom stereocenters. The number of tetrazole rings is 1. The fourth-order valence-electron chi connectivity index (χ4n) is 2.73. The van der Waals surface area contributed by atoms with Crippen molar-refractivity contribution in [2.45, 2.75) is 24.7 Å². The molecule has 0 bridgehead atoms. The first-order valence-corrected chi connectivity index (χ1v) is 11.5. The summed E-state index contributed by atoms with van der Waals surface area (Å²) in [6.45, 7) is 2.04. The predicted molar refractivity (Wildman–Crippen MR) is 122 cm³/mol. The summed E-state index contributed by atoms with van der Waals surface area (Å²) in [6.07, 6.45) is 1.01. The van der Waals surface area contributed by atoms with Gasteiger partial charge in [0, 0.05) is 24.4 Å². The van der Waals surface area contributed by atoms with Gasteiger partial charge in [-0.1, -0.05) is 35.5 Å². The Morgan fingerprint density at radius 1 is 1.23 bits per heavy atom. The fourth-order valence-corrected chi connectivity index (χ4v) is 4.34. The Morgan fingerprint density at radius 3 is 2.83 bits per heavy atom. The number of aryl methyl sites for hydroxylation is 1. The molecule has 10 heteroatoms. The van der Waals surface area contributed by atoms with Gasteiger partial charge in [-0.15, -0.1) is 5.10 Å². The van der Waals surface area contributed by atoms with Gasteiger partial charge in [-0.25, -0.2) is 4.68 Å². The summed E-state index contributed by atoms with van der Waals surface area (Å²) in [4.78, 5) is 0. The van der Waals surface area contributed by atoms with Crippen LogP contribution in [0, 0.1) is 0 Å². The second kappa shape index (κ2) is 11.5. The van der Waals surface area contributed by atoms with E-state index in [4.69, 9.17) is 21.1 Å². The third-order valence-electron chi connectivity index (χ3n) is 4.20. The number of thioether (sulfide) groups is 1. The molecule has 0 fully saturated rings. The predicted octanol–water partition coefficient (Wildman–Crippen LogP) is 4.49. The third-order valence-corrected chi connectivity index (χ3v) is 6.12. The number of aromatic nitrogens is 4. The zero-order valence-corrected chi connectivity index (χ0v) is 19.9. The van der Waals surface area contributed by atoms with Gasteiger partial charge in [0.1, 0.15) is 6.61 Å². The summed E-state index contributed by atoms with van der Waals surface area (Å²) in [5.74, 6) is 2.31. The number of methoxy groups -OCH3 is 1.